The summed E-state index contributed by atoms with van der Waals surface area (Å²) >= 11 is 0. The summed E-state index contributed by atoms with van der Waals surface area (Å²) in [6.45, 7) is 4.69. The van der Waals surface area contributed by atoms with Crippen LogP contribution in [-0.2, 0) is 11.8 Å². The molecule has 9 rings (SSSR count). The molecule has 0 fully saturated rings. The lowest BCUT2D eigenvalue weighted by atomic mass is 9.81. The van der Waals surface area contributed by atoms with Crippen LogP contribution in [0.2, 0.25) is 0 Å². The molecule has 1 heterocycles. The maximum Gasteiger partial charge on any atom is 0.0541 e. The smallest absolute Gasteiger partial charge is 0.0541 e. The number of aromatic nitrogens is 1. The van der Waals surface area contributed by atoms with Crippen molar-refractivity contribution in [2.24, 2.45) is 0 Å². The summed E-state index contributed by atoms with van der Waals surface area (Å²) in [5.41, 5.74) is 16.9. The maximum absolute atomic E-state index is 2.40. The molecule has 1 heteroatoms. The van der Waals surface area contributed by atoms with Gasteiger partial charge in [0.25, 0.3) is 0 Å². The van der Waals surface area contributed by atoms with E-state index in [-0.39, 0.29) is 5.41 Å². The van der Waals surface area contributed by atoms with E-state index in [0.29, 0.717) is 0 Å². The molecule has 8 aromatic rings. The molecule has 47 heavy (non-hydrogen) atoms. The SMILES string of the molecule is CC1(C)c2ccccc2-c2ccc(-c3ccc(Cc4ccc(-c5ccc6c(c5)c5ccccc5n6-c5ccccc5)cc4)cc3)cc21. The zero-order valence-corrected chi connectivity index (χ0v) is 26.7. The Labute approximate surface area is 276 Å². The van der Waals surface area contributed by atoms with E-state index in [1.807, 2.05) is 0 Å². The van der Waals surface area contributed by atoms with Crippen molar-refractivity contribution in [3.63, 3.8) is 0 Å². The highest BCUT2D eigenvalue weighted by Crippen LogP contribution is 2.49. The third-order valence-corrected chi connectivity index (χ3v) is 10.3. The van der Waals surface area contributed by atoms with Gasteiger partial charge in [0.05, 0.1) is 11.0 Å². The lowest BCUT2D eigenvalue weighted by Gasteiger charge is -2.22. The highest BCUT2D eigenvalue weighted by Gasteiger charge is 2.35. The Bertz CT molecular complexity index is 2420. The molecule has 0 atom stereocenters. The molecule has 0 bridgehead atoms. The first-order valence-corrected chi connectivity index (χ1v) is 16.6. The van der Waals surface area contributed by atoms with E-state index in [1.165, 1.54) is 83.1 Å². The molecule has 0 N–H and O–H groups in total. The Kier molecular flexibility index (Phi) is 6.30. The predicted octanol–water partition coefficient (Wildman–Crippen LogP) is 12.0. The third kappa shape index (κ3) is 4.54. The van der Waals surface area contributed by atoms with Crippen molar-refractivity contribution in [2.45, 2.75) is 25.7 Å². The van der Waals surface area contributed by atoms with Crippen LogP contribution < -0.4 is 0 Å². The normalized spacial score (nSPS) is 13.1. The standard InChI is InChI=1S/C46H35N/c1-46(2)42-14-8-6-12-38(42)39-26-24-36(30-43(39)46)34-22-18-32(19-23-34)28-31-16-20-33(21-17-31)35-25-27-45-41(29-35)40-13-7-9-15-44(40)47(45)37-10-4-3-5-11-37/h3-27,29-30H,28H2,1-2H3. The summed E-state index contributed by atoms with van der Waals surface area (Å²) < 4.78 is 2.37. The number of hydrogen-bond acceptors (Lipinski definition) is 0. The van der Waals surface area contributed by atoms with Gasteiger partial charge in [0.15, 0.2) is 0 Å². The Balaban J connectivity index is 0.964. The van der Waals surface area contributed by atoms with Crippen LogP contribution in [0.5, 0.6) is 0 Å². The number of para-hydroxylation sites is 2. The van der Waals surface area contributed by atoms with Crippen LogP contribution in [0.25, 0.3) is 60.9 Å². The van der Waals surface area contributed by atoms with Gasteiger partial charge in [0.1, 0.15) is 0 Å². The van der Waals surface area contributed by atoms with Crippen LogP contribution in [0, 0.1) is 0 Å². The second-order valence-corrected chi connectivity index (χ2v) is 13.4. The summed E-state index contributed by atoms with van der Waals surface area (Å²) in [6, 6.07) is 60.3. The lowest BCUT2D eigenvalue weighted by Crippen LogP contribution is -2.14. The van der Waals surface area contributed by atoms with Gasteiger partial charge in [-0.2, -0.15) is 0 Å². The fraction of sp³-hybridized carbons (Fsp3) is 0.0870. The number of hydrogen-bond donors (Lipinski definition) is 0. The number of fused-ring (bicyclic) bond motifs is 6. The van der Waals surface area contributed by atoms with Crippen molar-refractivity contribution in [3.8, 4) is 39.1 Å². The first kappa shape index (κ1) is 27.6. The van der Waals surface area contributed by atoms with Gasteiger partial charge in [0.2, 0.25) is 0 Å². The van der Waals surface area contributed by atoms with Gasteiger partial charge in [-0.15, -0.1) is 0 Å². The molecule has 0 amide bonds. The molecule has 1 aliphatic carbocycles. The molecule has 7 aromatic carbocycles. The van der Waals surface area contributed by atoms with Gasteiger partial charge in [-0.25, -0.2) is 0 Å². The number of benzene rings is 7. The molecule has 0 spiro atoms. The van der Waals surface area contributed by atoms with E-state index in [4.69, 9.17) is 0 Å². The van der Waals surface area contributed by atoms with Crippen molar-refractivity contribution in [1.29, 1.82) is 0 Å². The van der Waals surface area contributed by atoms with E-state index in [2.05, 4.69) is 182 Å². The van der Waals surface area contributed by atoms with Crippen molar-refractivity contribution < 1.29 is 0 Å². The average Bonchev–Trinajstić information content (AvgIpc) is 3.57. The molecule has 0 saturated carbocycles. The Morgan fingerprint density at radius 2 is 0.979 bits per heavy atom. The zero-order chi connectivity index (χ0) is 31.5. The molecular formula is C46H35N. The average molecular weight is 602 g/mol. The van der Waals surface area contributed by atoms with Gasteiger partial charge >= 0.3 is 0 Å². The van der Waals surface area contributed by atoms with E-state index in [0.717, 1.165) is 6.42 Å². The van der Waals surface area contributed by atoms with Gasteiger partial charge < -0.3 is 4.57 Å². The van der Waals surface area contributed by atoms with Crippen molar-refractivity contribution in [1.82, 2.24) is 4.57 Å². The fourth-order valence-electron chi connectivity index (χ4n) is 7.76. The summed E-state index contributed by atoms with van der Waals surface area (Å²) in [5.74, 6) is 0. The van der Waals surface area contributed by atoms with Crippen LogP contribution >= 0.6 is 0 Å². The van der Waals surface area contributed by atoms with E-state index < -0.39 is 0 Å². The lowest BCUT2D eigenvalue weighted by molar-refractivity contribution is 0.660. The Morgan fingerprint density at radius 1 is 0.426 bits per heavy atom. The largest absolute Gasteiger partial charge is 0.309 e. The molecule has 0 aliphatic heterocycles. The van der Waals surface area contributed by atoms with Crippen molar-refractivity contribution >= 4 is 21.8 Å². The second kappa shape index (κ2) is 10.7. The summed E-state index contributed by atoms with van der Waals surface area (Å²) in [4.78, 5) is 0. The van der Waals surface area contributed by atoms with Crippen molar-refractivity contribution in [3.05, 3.63) is 186 Å². The van der Waals surface area contributed by atoms with E-state index in [9.17, 15) is 0 Å². The quantitative estimate of drug-likeness (QED) is 0.185. The predicted molar refractivity (Wildman–Crippen MR) is 198 cm³/mol. The topological polar surface area (TPSA) is 4.93 Å². The maximum atomic E-state index is 2.40. The second-order valence-electron chi connectivity index (χ2n) is 13.4. The third-order valence-electron chi connectivity index (χ3n) is 10.3. The minimum atomic E-state index is 0.0147. The Morgan fingerprint density at radius 3 is 1.72 bits per heavy atom. The Hall–Kier alpha value is -5.66. The summed E-state index contributed by atoms with van der Waals surface area (Å²) in [6.07, 6.45) is 0.913. The van der Waals surface area contributed by atoms with Crippen LogP contribution in [0.15, 0.2) is 164 Å². The molecule has 0 radical (unpaired) electrons. The molecule has 0 unspecified atom stereocenters. The van der Waals surface area contributed by atoms with Gasteiger partial charge in [-0.05, 0) is 98.5 Å². The molecule has 1 aliphatic rings. The van der Waals surface area contributed by atoms with Crippen LogP contribution in [0.4, 0.5) is 0 Å². The highest BCUT2D eigenvalue weighted by molar-refractivity contribution is 6.10. The monoisotopic (exact) mass is 601 g/mol. The molecule has 224 valence electrons. The molecular weight excluding hydrogens is 567 g/mol. The fourth-order valence-corrected chi connectivity index (χ4v) is 7.76. The van der Waals surface area contributed by atoms with Gasteiger partial charge in [0, 0.05) is 21.9 Å². The first-order chi connectivity index (χ1) is 23.0. The minimum Gasteiger partial charge on any atom is -0.309 e. The highest BCUT2D eigenvalue weighted by atomic mass is 15.0. The molecule has 0 saturated heterocycles. The van der Waals surface area contributed by atoms with Crippen LogP contribution in [0.1, 0.15) is 36.1 Å². The molecule has 1 aromatic heterocycles. The van der Waals surface area contributed by atoms with E-state index >= 15 is 0 Å². The van der Waals surface area contributed by atoms with Crippen molar-refractivity contribution in [2.75, 3.05) is 0 Å². The summed E-state index contributed by atoms with van der Waals surface area (Å²) in [7, 11) is 0. The van der Waals surface area contributed by atoms with Gasteiger partial charge in [-0.3, -0.25) is 0 Å². The molecule has 1 nitrogen and oxygen atoms in total. The van der Waals surface area contributed by atoms with Crippen LogP contribution in [-0.4, -0.2) is 4.57 Å². The van der Waals surface area contributed by atoms with E-state index in [1.54, 1.807) is 0 Å². The summed E-state index contributed by atoms with van der Waals surface area (Å²) in [5, 5.41) is 2.56. The van der Waals surface area contributed by atoms with Gasteiger partial charge in [-0.1, -0.05) is 141 Å². The number of rotatable bonds is 5. The zero-order valence-electron chi connectivity index (χ0n) is 26.7. The first-order valence-electron chi connectivity index (χ1n) is 16.6. The minimum absolute atomic E-state index is 0.0147. The van der Waals surface area contributed by atoms with Crippen LogP contribution in [0.3, 0.4) is 0 Å². The number of nitrogens with zero attached hydrogens (tertiary/aromatic N) is 1.